The van der Waals surface area contributed by atoms with Gasteiger partial charge in [0.15, 0.2) is 0 Å². The number of carbonyl (C=O) groups is 2. The van der Waals surface area contributed by atoms with Gasteiger partial charge < -0.3 is 20.1 Å². The van der Waals surface area contributed by atoms with Crippen LogP contribution in [-0.4, -0.2) is 60.8 Å². The SMILES string of the molecule is CCCN(C(=O)C1(C)CCNCC1)C1COCC1C(=O)O. The quantitative estimate of drug-likeness (QED) is 0.781. The fourth-order valence-corrected chi connectivity index (χ4v) is 3.28. The highest BCUT2D eigenvalue weighted by Gasteiger charge is 2.45. The molecule has 0 aliphatic carbocycles. The van der Waals surface area contributed by atoms with E-state index in [4.69, 9.17) is 4.74 Å². The Kier molecular flexibility index (Phi) is 5.22. The average Bonchev–Trinajstić information content (AvgIpc) is 2.94. The number of piperidine rings is 1. The highest BCUT2D eigenvalue weighted by Crippen LogP contribution is 2.33. The molecule has 2 N–H and O–H groups in total. The number of ether oxygens (including phenoxy) is 1. The average molecular weight is 298 g/mol. The molecule has 0 saturated carbocycles. The van der Waals surface area contributed by atoms with E-state index in [1.54, 1.807) is 4.90 Å². The lowest BCUT2D eigenvalue weighted by molar-refractivity contribution is -0.150. The van der Waals surface area contributed by atoms with Crippen LogP contribution >= 0.6 is 0 Å². The Morgan fingerprint density at radius 1 is 1.33 bits per heavy atom. The van der Waals surface area contributed by atoms with E-state index in [-0.39, 0.29) is 24.0 Å². The first kappa shape index (κ1) is 16.2. The third-order valence-electron chi connectivity index (χ3n) is 4.72. The Balaban J connectivity index is 2.17. The van der Waals surface area contributed by atoms with Crippen LogP contribution in [0.1, 0.15) is 33.1 Å². The van der Waals surface area contributed by atoms with Crippen molar-refractivity contribution in [2.24, 2.45) is 11.3 Å². The minimum absolute atomic E-state index is 0.0904. The van der Waals surface area contributed by atoms with E-state index >= 15 is 0 Å². The van der Waals surface area contributed by atoms with Crippen molar-refractivity contribution < 1.29 is 19.4 Å². The van der Waals surface area contributed by atoms with E-state index < -0.39 is 11.9 Å². The van der Waals surface area contributed by atoms with Gasteiger partial charge in [-0.05, 0) is 32.4 Å². The second-order valence-electron chi connectivity index (χ2n) is 6.36. The molecule has 2 heterocycles. The van der Waals surface area contributed by atoms with Gasteiger partial charge in [-0.1, -0.05) is 13.8 Å². The number of nitrogens with one attached hydrogen (secondary N) is 1. The molecule has 2 aliphatic heterocycles. The smallest absolute Gasteiger partial charge is 0.311 e. The van der Waals surface area contributed by atoms with Crippen LogP contribution in [0, 0.1) is 11.3 Å². The van der Waals surface area contributed by atoms with Crippen LogP contribution in [0.2, 0.25) is 0 Å². The maximum absolute atomic E-state index is 13.0. The first-order chi connectivity index (χ1) is 9.99. The lowest BCUT2D eigenvalue weighted by Gasteiger charge is -2.40. The number of hydrogen-bond acceptors (Lipinski definition) is 4. The maximum atomic E-state index is 13.0. The summed E-state index contributed by atoms with van der Waals surface area (Å²) in [5, 5.41) is 12.6. The van der Waals surface area contributed by atoms with Gasteiger partial charge in [-0.2, -0.15) is 0 Å². The molecule has 120 valence electrons. The highest BCUT2D eigenvalue weighted by atomic mass is 16.5. The summed E-state index contributed by atoms with van der Waals surface area (Å²) in [5.74, 6) is -1.39. The summed E-state index contributed by atoms with van der Waals surface area (Å²) in [5.41, 5.74) is -0.383. The van der Waals surface area contributed by atoms with Crippen molar-refractivity contribution in [3.63, 3.8) is 0 Å². The molecule has 2 unspecified atom stereocenters. The van der Waals surface area contributed by atoms with E-state index in [1.807, 2.05) is 13.8 Å². The molecule has 0 aromatic carbocycles. The van der Waals surface area contributed by atoms with Crippen LogP contribution in [0.5, 0.6) is 0 Å². The predicted octanol–water partition coefficient (Wildman–Crippen LogP) is 0.714. The molecular weight excluding hydrogens is 272 g/mol. The molecule has 2 fully saturated rings. The number of rotatable bonds is 5. The van der Waals surface area contributed by atoms with Crippen LogP contribution in [0.4, 0.5) is 0 Å². The van der Waals surface area contributed by atoms with Gasteiger partial charge in [0.05, 0.1) is 19.3 Å². The van der Waals surface area contributed by atoms with Gasteiger partial charge in [-0.25, -0.2) is 0 Å². The second-order valence-corrected chi connectivity index (χ2v) is 6.36. The number of carbonyl (C=O) groups excluding carboxylic acids is 1. The van der Waals surface area contributed by atoms with Crippen LogP contribution in [0.25, 0.3) is 0 Å². The summed E-state index contributed by atoms with van der Waals surface area (Å²) >= 11 is 0. The maximum Gasteiger partial charge on any atom is 0.311 e. The minimum Gasteiger partial charge on any atom is -0.481 e. The monoisotopic (exact) mass is 298 g/mol. The van der Waals surface area contributed by atoms with Crippen molar-refractivity contribution in [1.29, 1.82) is 0 Å². The zero-order valence-electron chi connectivity index (χ0n) is 12.9. The first-order valence-corrected chi connectivity index (χ1v) is 7.82. The number of carboxylic acids is 1. The predicted molar refractivity (Wildman–Crippen MR) is 77.9 cm³/mol. The molecule has 0 radical (unpaired) electrons. The number of aliphatic carboxylic acids is 1. The van der Waals surface area contributed by atoms with Crippen LogP contribution in [0.15, 0.2) is 0 Å². The van der Waals surface area contributed by atoms with Crippen molar-refractivity contribution in [1.82, 2.24) is 10.2 Å². The van der Waals surface area contributed by atoms with Crippen molar-refractivity contribution in [2.75, 3.05) is 32.8 Å². The number of carboxylic acid groups (broad SMARTS) is 1. The van der Waals surface area contributed by atoms with Crippen molar-refractivity contribution >= 4 is 11.9 Å². The molecule has 2 rings (SSSR count). The normalized spacial score (nSPS) is 28.3. The van der Waals surface area contributed by atoms with Gasteiger partial charge in [0.25, 0.3) is 0 Å². The van der Waals surface area contributed by atoms with Gasteiger partial charge in [-0.3, -0.25) is 9.59 Å². The Morgan fingerprint density at radius 3 is 2.57 bits per heavy atom. The van der Waals surface area contributed by atoms with Crippen molar-refractivity contribution in [3.05, 3.63) is 0 Å². The Hall–Kier alpha value is -1.14. The third kappa shape index (κ3) is 3.37. The summed E-state index contributed by atoms with van der Waals surface area (Å²) in [4.78, 5) is 26.2. The number of amides is 1. The van der Waals surface area contributed by atoms with Crippen LogP contribution < -0.4 is 5.32 Å². The van der Waals surface area contributed by atoms with Crippen LogP contribution in [-0.2, 0) is 14.3 Å². The fourth-order valence-electron chi connectivity index (χ4n) is 3.28. The van der Waals surface area contributed by atoms with Gasteiger partial charge in [0, 0.05) is 12.0 Å². The molecular formula is C15H26N2O4. The molecule has 0 aromatic rings. The molecule has 0 aromatic heterocycles. The standard InChI is InChI=1S/C15H26N2O4/c1-3-8-17(12-10-21-9-11(12)13(18)19)14(20)15(2)4-6-16-7-5-15/h11-12,16H,3-10H2,1-2H3,(H,18,19). The topological polar surface area (TPSA) is 78.9 Å². The molecule has 6 nitrogen and oxygen atoms in total. The Bertz CT molecular complexity index is 393. The largest absolute Gasteiger partial charge is 0.481 e. The van der Waals surface area contributed by atoms with E-state index in [0.717, 1.165) is 32.4 Å². The van der Waals surface area contributed by atoms with Crippen molar-refractivity contribution in [2.45, 2.75) is 39.2 Å². The summed E-state index contributed by atoms with van der Waals surface area (Å²) in [7, 11) is 0. The molecule has 0 spiro atoms. The highest BCUT2D eigenvalue weighted by molar-refractivity contribution is 5.84. The molecule has 6 heteroatoms. The summed E-state index contributed by atoms with van der Waals surface area (Å²) in [6.45, 7) is 6.82. The van der Waals surface area contributed by atoms with Crippen molar-refractivity contribution in [3.8, 4) is 0 Å². The van der Waals surface area contributed by atoms with Gasteiger partial charge >= 0.3 is 5.97 Å². The minimum atomic E-state index is -0.873. The van der Waals surface area contributed by atoms with Gasteiger partial charge in [-0.15, -0.1) is 0 Å². The zero-order chi connectivity index (χ0) is 15.5. The summed E-state index contributed by atoms with van der Waals surface area (Å²) in [6, 6.07) is -0.332. The molecule has 2 aliphatic rings. The molecule has 2 saturated heterocycles. The van der Waals surface area contributed by atoms with E-state index in [1.165, 1.54) is 0 Å². The first-order valence-electron chi connectivity index (χ1n) is 7.82. The molecule has 21 heavy (non-hydrogen) atoms. The second kappa shape index (κ2) is 6.75. The fraction of sp³-hybridized carbons (Fsp3) is 0.867. The molecule has 1 amide bonds. The van der Waals surface area contributed by atoms with E-state index in [0.29, 0.717) is 13.2 Å². The third-order valence-corrected chi connectivity index (χ3v) is 4.72. The van der Waals surface area contributed by atoms with E-state index in [2.05, 4.69) is 5.32 Å². The van der Waals surface area contributed by atoms with Gasteiger partial charge in [0.1, 0.15) is 5.92 Å². The lowest BCUT2D eigenvalue weighted by Crippen LogP contribution is -2.54. The van der Waals surface area contributed by atoms with Gasteiger partial charge in [0.2, 0.25) is 5.91 Å². The number of nitrogens with zero attached hydrogens (tertiary/aromatic N) is 1. The van der Waals surface area contributed by atoms with E-state index in [9.17, 15) is 14.7 Å². The molecule has 2 atom stereocenters. The Labute approximate surface area is 125 Å². The summed E-state index contributed by atoms with van der Waals surface area (Å²) < 4.78 is 5.34. The zero-order valence-corrected chi connectivity index (χ0v) is 12.9. The molecule has 0 bridgehead atoms. The lowest BCUT2D eigenvalue weighted by atomic mass is 9.79. The number of hydrogen-bond donors (Lipinski definition) is 2. The Morgan fingerprint density at radius 2 is 2.00 bits per heavy atom. The van der Waals surface area contributed by atoms with Crippen LogP contribution in [0.3, 0.4) is 0 Å². The summed E-state index contributed by atoms with van der Waals surface area (Å²) in [6.07, 6.45) is 2.43.